The lowest BCUT2D eigenvalue weighted by atomic mass is 10.1. The van der Waals surface area contributed by atoms with Crippen molar-refractivity contribution in [2.75, 3.05) is 37.8 Å². The molecule has 0 aliphatic carbocycles. The average molecular weight is 337 g/mol. The fourth-order valence-electron chi connectivity index (χ4n) is 3.10. The van der Waals surface area contributed by atoms with Crippen LogP contribution in [0.3, 0.4) is 0 Å². The lowest BCUT2D eigenvalue weighted by Gasteiger charge is -2.33. The van der Waals surface area contributed by atoms with Gasteiger partial charge in [0.1, 0.15) is 12.3 Å². The molecule has 2 saturated heterocycles. The summed E-state index contributed by atoms with van der Waals surface area (Å²) in [5, 5.41) is 2.97. The normalized spacial score (nSPS) is 20.7. The molecule has 1 aromatic rings. The lowest BCUT2D eigenvalue weighted by molar-refractivity contribution is -0.132. The highest BCUT2D eigenvalue weighted by molar-refractivity contribution is 8.00. The van der Waals surface area contributed by atoms with Crippen LogP contribution in [0.5, 0.6) is 0 Å². The van der Waals surface area contributed by atoms with Crippen LogP contribution in [0.2, 0.25) is 0 Å². The zero-order valence-electron chi connectivity index (χ0n) is 13.2. The monoisotopic (exact) mass is 337 g/mol. The van der Waals surface area contributed by atoms with Crippen LogP contribution in [-0.4, -0.2) is 59.4 Å². The number of piperidine rings is 1. The number of carbonyl (C=O) groups excluding carboxylic acids is 2. The number of furan rings is 1. The van der Waals surface area contributed by atoms with Crippen molar-refractivity contribution < 1.29 is 14.0 Å². The summed E-state index contributed by atoms with van der Waals surface area (Å²) in [6, 6.07) is 3.92. The summed E-state index contributed by atoms with van der Waals surface area (Å²) >= 11 is 1.55. The van der Waals surface area contributed by atoms with Gasteiger partial charge in [0.2, 0.25) is 11.8 Å². The van der Waals surface area contributed by atoms with Crippen LogP contribution >= 0.6 is 11.8 Å². The molecule has 0 saturated carbocycles. The number of nitrogens with zero attached hydrogens (tertiary/aromatic N) is 2. The van der Waals surface area contributed by atoms with E-state index >= 15 is 0 Å². The first kappa shape index (κ1) is 16.4. The molecule has 6 nitrogen and oxygen atoms in total. The van der Waals surface area contributed by atoms with Crippen molar-refractivity contribution in [1.29, 1.82) is 0 Å². The standard InChI is InChI=1S/C16H23N3O3S/c20-15(10-19-12-23-11-16(19)21)17-9-13(14-5-4-8-22-14)18-6-2-1-3-7-18/h4-5,8,13H,1-3,6-7,9-12H2,(H,17,20). The summed E-state index contributed by atoms with van der Waals surface area (Å²) < 4.78 is 5.57. The SMILES string of the molecule is O=C(CN1CSCC1=O)NCC(c1ccco1)N1CCCCC1. The molecule has 23 heavy (non-hydrogen) atoms. The largest absolute Gasteiger partial charge is 0.468 e. The second-order valence-electron chi connectivity index (χ2n) is 6.00. The van der Waals surface area contributed by atoms with E-state index in [-0.39, 0.29) is 24.4 Å². The van der Waals surface area contributed by atoms with Crippen molar-refractivity contribution in [3.05, 3.63) is 24.2 Å². The molecule has 2 fully saturated rings. The third-order valence-electron chi connectivity index (χ3n) is 4.36. The molecule has 0 radical (unpaired) electrons. The van der Waals surface area contributed by atoms with Gasteiger partial charge in [0.25, 0.3) is 0 Å². The Morgan fingerprint density at radius 2 is 2.17 bits per heavy atom. The molecule has 2 amide bonds. The van der Waals surface area contributed by atoms with E-state index < -0.39 is 0 Å². The number of hydrogen-bond acceptors (Lipinski definition) is 5. The minimum Gasteiger partial charge on any atom is -0.468 e. The van der Waals surface area contributed by atoms with Crippen LogP contribution in [0.15, 0.2) is 22.8 Å². The van der Waals surface area contributed by atoms with Crippen molar-refractivity contribution >= 4 is 23.6 Å². The van der Waals surface area contributed by atoms with E-state index in [1.54, 1.807) is 22.9 Å². The molecule has 1 atom stereocenters. The molecule has 0 spiro atoms. The molecule has 2 aliphatic heterocycles. The highest BCUT2D eigenvalue weighted by Crippen LogP contribution is 2.24. The molecule has 7 heteroatoms. The van der Waals surface area contributed by atoms with Gasteiger partial charge in [-0.1, -0.05) is 6.42 Å². The third-order valence-corrected chi connectivity index (χ3v) is 5.30. The van der Waals surface area contributed by atoms with Gasteiger partial charge in [-0.15, -0.1) is 11.8 Å². The van der Waals surface area contributed by atoms with Gasteiger partial charge in [-0.3, -0.25) is 14.5 Å². The summed E-state index contributed by atoms with van der Waals surface area (Å²) in [6.07, 6.45) is 5.31. The van der Waals surface area contributed by atoms with Crippen LogP contribution in [-0.2, 0) is 9.59 Å². The predicted molar refractivity (Wildman–Crippen MR) is 88.9 cm³/mol. The van der Waals surface area contributed by atoms with E-state index in [1.807, 2.05) is 12.1 Å². The number of rotatable bonds is 6. The van der Waals surface area contributed by atoms with Crippen LogP contribution in [0.25, 0.3) is 0 Å². The van der Waals surface area contributed by atoms with Gasteiger partial charge in [-0.05, 0) is 38.1 Å². The van der Waals surface area contributed by atoms with E-state index in [9.17, 15) is 9.59 Å². The van der Waals surface area contributed by atoms with Gasteiger partial charge >= 0.3 is 0 Å². The predicted octanol–water partition coefficient (Wildman–Crippen LogP) is 1.46. The second kappa shape index (κ2) is 7.88. The molecular formula is C16H23N3O3S. The number of likely N-dealkylation sites (tertiary alicyclic amines) is 1. The number of nitrogens with one attached hydrogen (secondary N) is 1. The van der Waals surface area contributed by atoms with Crippen molar-refractivity contribution in [1.82, 2.24) is 15.1 Å². The Bertz CT molecular complexity index is 529. The van der Waals surface area contributed by atoms with E-state index in [1.165, 1.54) is 19.3 Å². The molecule has 3 rings (SSSR count). The fourth-order valence-corrected chi connectivity index (χ4v) is 4.00. The van der Waals surface area contributed by atoms with Gasteiger partial charge in [0, 0.05) is 6.54 Å². The van der Waals surface area contributed by atoms with Crippen LogP contribution in [0, 0.1) is 0 Å². The Hall–Kier alpha value is -1.47. The molecular weight excluding hydrogens is 314 g/mol. The second-order valence-corrected chi connectivity index (χ2v) is 6.96. The summed E-state index contributed by atoms with van der Waals surface area (Å²) in [5.41, 5.74) is 0. The molecule has 126 valence electrons. The summed E-state index contributed by atoms with van der Waals surface area (Å²) in [6.45, 7) is 2.73. The van der Waals surface area contributed by atoms with Gasteiger partial charge < -0.3 is 14.6 Å². The van der Waals surface area contributed by atoms with Crippen molar-refractivity contribution in [3.63, 3.8) is 0 Å². The van der Waals surface area contributed by atoms with E-state index in [0.717, 1.165) is 18.8 Å². The zero-order chi connectivity index (χ0) is 16.1. The van der Waals surface area contributed by atoms with Crippen LogP contribution < -0.4 is 5.32 Å². The van der Waals surface area contributed by atoms with Gasteiger partial charge in [-0.25, -0.2) is 0 Å². The Morgan fingerprint density at radius 1 is 1.35 bits per heavy atom. The lowest BCUT2D eigenvalue weighted by Crippen LogP contribution is -2.43. The number of thioether (sulfide) groups is 1. The fraction of sp³-hybridized carbons (Fsp3) is 0.625. The number of carbonyl (C=O) groups is 2. The smallest absolute Gasteiger partial charge is 0.239 e. The quantitative estimate of drug-likeness (QED) is 0.851. The first-order chi connectivity index (χ1) is 11.2. The molecule has 0 bridgehead atoms. The average Bonchev–Trinajstić information content (AvgIpc) is 3.22. The Labute approximate surface area is 140 Å². The summed E-state index contributed by atoms with van der Waals surface area (Å²) in [7, 11) is 0. The maximum absolute atomic E-state index is 12.1. The first-order valence-electron chi connectivity index (χ1n) is 8.14. The Kier molecular flexibility index (Phi) is 5.61. The zero-order valence-corrected chi connectivity index (χ0v) is 14.0. The maximum Gasteiger partial charge on any atom is 0.239 e. The molecule has 1 aromatic heterocycles. The minimum absolute atomic E-state index is 0.0452. The van der Waals surface area contributed by atoms with E-state index in [2.05, 4.69) is 10.2 Å². The van der Waals surface area contributed by atoms with Gasteiger partial charge in [0.05, 0.1) is 23.9 Å². The highest BCUT2D eigenvalue weighted by atomic mass is 32.2. The van der Waals surface area contributed by atoms with Gasteiger partial charge in [0.15, 0.2) is 0 Å². The van der Waals surface area contributed by atoms with Crippen LogP contribution in [0.4, 0.5) is 0 Å². The number of amides is 2. The van der Waals surface area contributed by atoms with Crippen molar-refractivity contribution in [2.45, 2.75) is 25.3 Å². The maximum atomic E-state index is 12.1. The molecule has 2 aliphatic rings. The highest BCUT2D eigenvalue weighted by Gasteiger charge is 2.26. The molecule has 1 N–H and O–H groups in total. The topological polar surface area (TPSA) is 65.8 Å². The Morgan fingerprint density at radius 3 is 2.83 bits per heavy atom. The minimum atomic E-state index is -0.102. The molecule has 3 heterocycles. The van der Waals surface area contributed by atoms with E-state index in [4.69, 9.17) is 4.42 Å². The molecule has 0 aromatic carbocycles. The summed E-state index contributed by atoms with van der Waals surface area (Å²) in [4.78, 5) is 27.7. The van der Waals surface area contributed by atoms with Crippen LogP contribution in [0.1, 0.15) is 31.1 Å². The van der Waals surface area contributed by atoms with Crippen molar-refractivity contribution in [2.24, 2.45) is 0 Å². The van der Waals surface area contributed by atoms with Crippen molar-refractivity contribution in [3.8, 4) is 0 Å². The van der Waals surface area contributed by atoms with Gasteiger partial charge in [-0.2, -0.15) is 0 Å². The summed E-state index contributed by atoms with van der Waals surface area (Å²) in [5.74, 6) is 1.92. The number of hydrogen-bond donors (Lipinski definition) is 1. The van der Waals surface area contributed by atoms with E-state index in [0.29, 0.717) is 18.2 Å². The third kappa shape index (κ3) is 4.29. The first-order valence-corrected chi connectivity index (χ1v) is 9.29. The Balaban J connectivity index is 1.55. The molecule has 1 unspecified atom stereocenters.